The number of amides is 1. The second-order valence-electron chi connectivity index (χ2n) is 9.66. The van der Waals surface area contributed by atoms with Gasteiger partial charge < -0.3 is 14.6 Å². The van der Waals surface area contributed by atoms with Gasteiger partial charge in [0.25, 0.3) is 5.91 Å². The van der Waals surface area contributed by atoms with Crippen molar-refractivity contribution < 1.29 is 14.1 Å². The molecule has 1 aromatic heterocycles. The Labute approximate surface area is 200 Å². The number of benzene rings is 2. The smallest absolute Gasteiger partial charge is 0.251 e. The lowest BCUT2D eigenvalue weighted by atomic mass is 9.88. The molecule has 0 aliphatic heterocycles. The number of hydrogen-bond donors (Lipinski definition) is 3. The first kappa shape index (κ1) is 24.9. The van der Waals surface area contributed by atoms with E-state index in [0.717, 1.165) is 23.2 Å². The van der Waals surface area contributed by atoms with E-state index in [1.54, 1.807) is 24.3 Å². The Balaban J connectivity index is 1.76. The average molecular weight is 468 g/mol. The highest BCUT2D eigenvalue weighted by molar-refractivity contribution is 7.93. The van der Waals surface area contributed by atoms with Gasteiger partial charge in [0, 0.05) is 33.6 Å². The van der Waals surface area contributed by atoms with E-state index in [1.165, 1.54) is 11.1 Å². The number of hydrogen-bond acceptors (Lipinski definition) is 5. The second-order valence-corrected chi connectivity index (χ2v) is 10.3. The van der Waals surface area contributed by atoms with E-state index in [9.17, 15) is 9.35 Å². The molecule has 33 heavy (non-hydrogen) atoms. The summed E-state index contributed by atoms with van der Waals surface area (Å²) in [5.74, 6) is 0.346. The number of aryl methyl sites for hydroxylation is 2. The van der Waals surface area contributed by atoms with Crippen LogP contribution >= 0.6 is 12.0 Å². The minimum Gasteiger partial charge on any atom is -0.474 e. The molecule has 3 N–H and O–H groups in total. The molecule has 176 valence electrons. The van der Waals surface area contributed by atoms with Crippen molar-refractivity contribution in [2.45, 2.75) is 58.9 Å². The third kappa shape index (κ3) is 6.39. The van der Waals surface area contributed by atoms with Crippen LogP contribution < -0.4 is 10.1 Å². The summed E-state index contributed by atoms with van der Waals surface area (Å²) in [6, 6.07) is 12.9. The van der Waals surface area contributed by atoms with Gasteiger partial charge in [-0.15, -0.1) is 5.10 Å². The minimum atomic E-state index is -0.206. The maximum absolute atomic E-state index is 12.9. The number of carbonyl (C=O) groups excluding carboxylic acids is 1. The first-order valence-electron chi connectivity index (χ1n) is 11.1. The average Bonchev–Trinajstić information content (AvgIpc) is 3.11. The highest BCUT2D eigenvalue weighted by atomic mass is 32.2. The third-order valence-corrected chi connectivity index (χ3v) is 5.98. The molecule has 1 amide bonds. The molecule has 0 saturated carbocycles. The standard InChI is InChI=1S/C26H33N3O3S/c1-16-9-7-10-17(2)22(16)23-18(3)25(29-28-23)32-15-20(14-26(4,5)6)27-24(30)19-11-8-12-21(13-19)33-31/h7-13,20,31H,14-15H2,1-6H3,(H,27,30)(H,28,29)/t20-/m1/s1. The van der Waals surface area contributed by atoms with Gasteiger partial charge >= 0.3 is 0 Å². The molecule has 3 aromatic rings. The number of nitrogens with one attached hydrogen (secondary N) is 2. The van der Waals surface area contributed by atoms with Crippen LogP contribution in [0, 0.1) is 26.2 Å². The monoisotopic (exact) mass is 467 g/mol. The minimum absolute atomic E-state index is 0.00581. The fraction of sp³-hybridized carbons (Fsp3) is 0.385. The van der Waals surface area contributed by atoms with Gasteiger partial charge in [-0.3, -0.25) is 9.89 Å². The zero-order valence-corrected chi connectivity index (χ0v) is 21.0. The maximum Gasteiger partial charge on any atom is 0.251 e. The van der Waals surface area contributed by atoms with Gasteiger partial charge in [-0.2, -0.15) is 0 Å². The van der Waals surface area contributed by atoms with Gasteiger partial charge in [0.2, 0.25) is 5.88 Å². The molecule has 1 atom stereocenters. The Morgan fingerprint density at radius 3 is 2.45 bits per heavy atom. The van der Waals surface area contributed by atoms with Gasteiger partial charge in [-0.25, -0.2) is 0 Å². The Hall–Kier alpha value is -2.77. The van der Waals surface area contributed by atoms with Crippen LogP contribution in [-0.4, -0.2) is 33.3 Å². The molecule has 0 unspecified atom stereocenters. The van der Waals surface area contributed by atoms with Crippen LogP contribution in [0.5, 0.6) is 5.88 Å². The Morgan fingerprint density at radius 2 is 1.82 bits per heavy atom. The molecule has 3 rings (SSSR count). The van der Waals surface area contributed by atoms with E-state index in [0.29, 0.717) is 35.0 Å². The first-order chi connectivity index (χ1) is 15.6. The molecule has 0 spiro atoms. The van der Waals surface area contributed by atoms with Crippen LogP contribution in [0.15, 0.2) is 47.4 Å². The number of H-pyrrole nitrogens is 1. The highest BCUT2D eigenvalue weighted by Gasteiger charge is 2.23. The Kier molecular flexibility index (Phi) is 7.87. The summed E-state index contributed by atoms with van der Waals surface area (Å²) < 4.78 is 15.4. The van der Waals surface area contributed by atoms with E-state index in [4.69, 9.17) is 4.74 Å². The molecular formula is C26H33N3O3S. The fourth-order valence-electron chi connectivity index (χ4n) is 4.01. The van der Waals surface area contributed by atoms with Crippen LogP contribution in [-0.2, 0) is 0 Å². The second kappa shape index (κ2) is 10.4. The lowest BCUT2D eigenvalue weighted by Crippen LogP contribution is -2.41. The lowest BCUT2D eigenvalue weighted by molar-refractivity contribution is 0.0903. The predicted octanol–water partition coefficient (Wildman–Crippen LogP) is 6.18. The van der Waals surface area contributed by atoms with Crippen molar-refractivity contribution in [1.82, 2.24) is 15.5 Å². The van der Waals surface area contributed by atoms with Crippen molar-refractivity contribution in [3.05, 3.63) is 64.7 Å². The van der Waals surface area contributed by atoms with Crippen molar-refractivity contribution in [3.8, 4) is 17.1 Å². The number of rotatable bonds is 8. The topological polar surface area (TPSA) is 87.2 Å². The van der Waals surface area contributed by atoms with E-state index in [2.05, 4.69) is 62.3 Å². The summed E-state index contributed by atoms with van der Waals surface area (Å²) >= 11 is 0.624. The van der Waals surface area contributed by atoms with Gasteiger partial charge in [0.15, 0.2) is 0 Å². The molecule has 0 saturated heterocycles. The van der Waals surface area contributed by atoms with Crippen molar-refractivity contribution >= 4 is 17.9 Å². The Bertz CT molecular complexity index is 1100. The number of carbonyl (C=O) groups is 1. The van der Waals surface area contributed by atoms with Crippen LogP contribution in [0.3, 0.4) is 0 Å². The van der Waals surface area contributed by atoms with Gasteiger partial charge in [0.1, 0.15) is 6.61 Å². The maximum atomic E-state index is 12.9. The molecule has 2 aromatic carbocycles. The molecular weight excluding hydrogens is 434 g/mol. The quantitative estimate of drug-likeness (QED) is 0.344. The molecule has 0 radical (unpaired) electrons. The summed E-state index contributed by atoms with van der Waals surface area (Å²) in [4.78, 5) is 13.5. The van der Waals surface area contributed by atoms with E-state index in [-0.39, 0.29) is 17.4 Å². The number of nitrogens with zero attached hydrogens (tertiary/aromatic N) is 1. The molecule has 7 heteroatoms. The first-order valence-corrected chi connectivity index (χ1v) is 11.8. The lowest BCUT2D eigenvalue weighted by Gasteiger charge is -2.26. The van der Waals surface area contributed by atoms with Gasteiger partial charge in [0.05, 0.1) is 11.7 Å². The summed E-state index contributed by atoms with van der Waals surface area (Å²) in [5.41, 5.74) is 5.88. The molecule has 0 bridgehead atoms. The SMILES string of the molecule is Cc1cccc(C)c1-c1[nH]nc(OC[C@@H](CC(C)(C)C)NC(=O)c2cccc(SO)c2)c1C. The van der Waals surface area contributed by atoms with Crippen LogP contribution in [0.4, 0.5) is 0 Å². The van der Waals surface area contributed by atoms with Crippen LogP contribution in [0.25, 0.3) is 11.3 Å². The van der Waals surface area contributed by atoms with Crippen molar-refractivity contribution in [2.24, 2.45) is 5.41 Å². The largest absolute Gasteiger partial charge is 0.474 e. The number of aromatic amines is 1. The normalized spacial score (nSPS) is 12.5. The van der Waals surface area contributed by atoms with E-state index >= 15 is 0 Å². The van der Waals surface area contributed by atoms with Gasteiger partial charge in [-0.1, -0.05) is 45.0 Å². The van der Waals surface area contributed by atoms with E-state index < -0.39 is 0 Å². The summed E-state index contributed by atoms with van der Waals surface area (Å²) in [6.45, 7) is 12.9. The Morgan fingerprint density at radius 1 is 1.15 bits per heavy atom. The summed E-state index contributed by atoms with van der Waals surface area (Å²) in [6.07, 6.45) is 0.737. The third-order valence-electron chi connectivity index (χ3n) is 5.51. The number of aromatic nitrogens is 2. The van der Waals surface area contributed by atoms with Crippen molar-refractivity contribution in [2.75, 3.05) is 6.61 Å². The zero-order chi connectivity index (χ0) is 24.2. The van der Waals surface area contributed by atoms with Crippen molar-refractivity contribution in [1.29, 1.82) is 0 Å². The van der Waals surface area contributed by atoms with Crippen LogP contribution in [0.2, 0.25) is 0 Å². The highest BCUT2D eigenvalue weighted by Crippen LogP contribution is 2.32. The van der Waals surface area contributed by atoms with Crippen molar-refractivity contribution in [3.63, 3.8) is 0 Å². The molecule has 1 heterocycles. The molecule has 0 aliphatic rings. The molecule has 6 nitrogen and oxygen atoms in total. The van der Waals surface area contributed by atoms with E-state index in [1.807, 2.05) is 13.0 Å². The molecule has 0 fully saturated rings. The fourth-order valence-corrected chi connectivity index (χ4v) is 4.33. The predicted molar refractivity (Wildman–Crippen MR) is 134 cm³/mol. The zero-order valence-electron chi connectivity index (χ0n) is 20.2. The molecule has 0 aliphatic carbocycles. The van der Waals surface area contributed by atoms with Crippen LogP contribution in [0.1, 0.15) is 54.2 Å². The van der Waals surface area contributed by atoms with Gasteiger partial charge in [-0.05, 0) is 61.9 Å². The summed E-state index contributed by atoms with van der Waals surface area (Å²) in [5, 5.41) is 10.6. The summed E-state index contributed by atoms with van der Waals surface area (Å²) in [7, 11) is 0. The number of ether oxygens (including phenoxy) is 1.